The average molecular weight is 309 g/mol. The minimum atomic E-state index is 0.173. The highest BCUT2D eigenvalue weighted by Gasteiger charge is 2.06. The summed E-state index contributed by atoms with van der Waals surface area (Å²) in [6.07, 6.45) is 0. The van der Waals surface area contributed by atoms with E-state index in [1.807, 2.05) is 37.3 Å². The third-order valence-corrected chi connectivity index (χ3v) is 4.06. The number of para-hydroxylation sites is 2. The van der Waals surface area contributed by atoms with Crippen molar-refractivity contribution in [1.82, 2.24) is 4.98 Å². The molecular weight excluding hydrogens is 294 g/mol. The summed E-state index contributed by atoms with van der Waals surface area (Å²) < 4.78 is 0.946. The van der Waals surface area contributed by atoms with Crippen LogP contribution in [0.1, 0.15) is 10.6 Å². The number of aromatic hydroxyl groups is 1. The number of thiazole rings is 1. The van der Waals surface area contributed by atoms with Gasteiger partial charge in [-0.3, -0.25) is 0 Å². The molecule has 5 heteroatoms. The second-order valence-corrected chi connectivity index (χ2v) is 6.05. The second kappa shape index (κ2) is 5.96. The van der Waals surface area contributed by atoms with E-state index in [4.69, 9.17) is 5.73 Å². The van der Waals surface area contributed by atoms with Gasteiger partial charge in [0.05, 0.1) is 27.6 Å². The Morgan fingerprint density at radius 1 is 1.32 bits per heavy atom. The summed E-state index contributed by atoms with van der Waals surface area (Å²) in [5.41, 5.74) is 8.83. The Morgan fingerprint density at radius 2 is 2.14 bits per heavy atom. The van der Waals surface area contributed by atoms with E-state index < -0.39 is 0 Å². The van der Waals surface area contributed by atoms with E-state index in [0.717, 1.165) is 21.0 Å². The maximum absolute atomic E-state index is 9.98. The Kier molecular flexibility index (Phi) is 3.86. The van der Waals surface area contributed by atoms with Crippen molar-refractivity contribution in [2.75, 3.05) is 17.6 Å². The van der Waals surface area contributed by atoms with E-state index >= 15 is 0 Å². The first-order valence-electron chi connectivity index (χ1n) is 6.81. The molecule has 2 aromatic carbocycles. The van der Waals surface area contributed by atoms with Crippen molar-refractivity contribution in [1.29, 1.82) is 0 Å². The Labute approximate surface area is 132 Å². The number of hydrogen-bond donors (Lipinski definition) is 3. The van der Waals surface area contributed by atoms with Crippen molar-refractivity contribution in [2.45, 2.75) is 6.92 Å². The Morgan fingerprint density at radius 3 is 2.95 bits per heavy atom. The van der Waals surface area contributed by atoms with Crippen LogP contribution in [0.25, 0.3) is 10.2 Å². The lowest BCUT2D eigenvalue weighted by Crippen LogP contribution is -2.01. The van der Waals surface area contributed by atoms with E-state index in [9.17, 15) is 5.11 Å². The molecule has 3 aromatic rings. The van der Waals surface area contributed by atoms with Gasteiger partial charge in [-0.1, -0.05) is 24.0 Å². The number of aromatic nitrogens is 1. The van der Waals surface area contributed by atoms with E-state index in [1.54, 1.807) is 17.4 Å². The SMILES string of the molecule is Cc1nc2c(O)cc(C#CCNc3ccccc3N)cc2s1. The minimum Gasteiger partial charge on any atom is -0.506 e. The number of anilines is 2. The number of nitrogens with zero attached hydrogens (tertiary/aromatic N) is 1. The van der Waals surface area contributed by atoms with Crippen LogP contribution >= 0.6 is 11.3 Å². The highest BCUT2D eigenvalue weighted by Crippen LogP contribution is 2.30. The lowest BCUT2D eigenvalue weighted by Gasteiger charge is -2.04. The van der Waals surface area contributed by atoms with Gasteiger partial charge >= 0.3 is 0 Å². The molecule has 0 saturated heterocycles. The van der Waals surface area contributed by atoms with Crippen LogP contribution in [0.2, 0.25) is 0 Å². The summed E-state index contributed by atoms with van der Waals surface area (Å²) in [7, 11) is 0. The molecule has 0 atom stereocenters. The highest BCUT2D eigenvalue weighted by atomic mass is 32.1. The maximum atomic E-state index is 9.98. The topological polar surface area (TPSA) is 71.2 Å². The van der Waals surface area contributed by atoms with Gasteiger partial charge in [0.2, 0.25) is 0 Å². The van der Waals surface area contributed by atoms with Crippen LogP contribution in [0.3, 0.4) is 0 Å². The Hall–Kier alpha value is -2.71. The summed E-state index contributed by atoms with van der Waals surface area (Å²) in [5.74, 6) is 6.25. The van der Waals surface area contributed by atoms with Crippen molar-refractivity contribution >= 4 is 32.9 Å². The Balaban J connectivity index is 1.75. The molecule has 0 spiro atoms. The fourth-order valence-corrected chi connectivity index (χ4v) is 3.03. The van der Waals surface area contributed by atoms with Crippen LogP contribution in [0.5, 0.6) is 5.75 Å². The van der Waals surface area contributed by atoms with E-state index in [-0.39, 0.29) is 5.75 Å². The summed E-state index contributed by atoms with van der Waals surface area (Å²) >= 11 is 1.55. The Bertz CT molecular complexity index is 890. The van der Waals surface area contributed by atoms with Crippen molar-refractivity contribution in [2.24, 2.45) is 0 Å². The predicted octanol–water partition coefficient (Wildman–Crippen LogP) is 3.36. The molecule has 22 heavy (non-hydrogen) atoms. The first-order chi connectivity index (χ1) is 10.6. The number of aryl methyl sites for hydroxylation is 1. The number of nitrogen functional groups attached to an aromatic ring is 1. The lowest BCUT2D eigenvalue weighted by atomic mass is 10.2. The molecule has 0 aliphatic carbocycles. The standard InChI is InChI=1S/C17H15N3OS/c1-11-20-17-15(21)9-12(10-16(17)22-11)5-4-8-19-14-7-3-2-6-13(14)18/h2-3,6-7,9-10,19,21H,8,18H2,1H3. The predicted molar refractivity (Wildman–Crippen MR) is 92.2 cm³/mol. The molecule has 0 unspecified atom stereocenters. The molecule has 3 rings (SSSR count). The molecule has 0 bridgehead atoms. The number of nitrogens with one attached hydrogen (secondary N) is 1. The molecule has 1 aromatic heterocycles. The quantitative estimate of drug-likeness (QED) is 0.501. The molecule has 0 fully saturated rings. The first-order valence-corrected chi connectivity index (χ1v) is 7.62. The van der Waals surface area contributed by atoms with Gasteiger partial charge < -0.3 is 16.2 Å². The second-order valence-electron chi connectivity index (χ2n) is 4.82. The minimum absolute atomic E-state index is 0.173. The molecular formula is C17H15N3OS. The van der Waals surface area contributed by atoms with Gasteiger partial charge in [-0.15, -0.1) is 11.3 Å². The van der Waals surface area contributed by atoms with Crippen LogP contribution in [-0.4, -0.2) is 16.6 Å². The molecule has 110 valence electrons. The highest BCUT2D eigenvalue weighted by molar-refractivity contribution is 7.18. The van der Waals surface area contributed by atoms with Gasteiger partial charge in [0, 0.05) is 5.56 Å². The zero-order valence-electron chi connectivity index (χ0n) is 12.1. The molecule has 0 aliphatic rings. The fraction of sp³-hybridized carbons (Fsp3) is 0.118. The summed E-state index contributed by atoms with van der Waals surface area (Å²) in [6.45, 7) is 2.40. The van der Waals surface area contributed by atoms with Crippen LogP contribution in [-0.2, 0) is 0 Å². The van der Waals surface area contributed by atoms with Gasteiger partial charge in [0.15, 0.2) is 0 Å². The number of rotatable bonds is 2. The monoisotopic (exact) mass is 309 g/mol. The number of fused-ring (bicyclic) bond motifs is 1. The molecule has 0 radical (unpaired) electrons. The van der Waals surface area contributed by atoms with E-state index in [1.165, 1.54) is 0 Å². The zero-order valence-corrected chi connectivity index (χ0v) is 12.9. The van der Waals surface area contributed by atoms with Crippen LogP contribution < -0.4 is 11.1 Å². The maximum Gasteiger partial charge on any atom is 0.143 e. The third kappa shape index (κ3) is 2.97. The number of nitrogens with two attached hydrogens (primary N) is 1. The number of phenolic OH excluding ortho intramolecular Hbond substituents is 1. The van der Waals surface area contributed by atoms with Gasteiger partial charge in [-0.05, 0) is 31.2 Å². The number of hydrogen-bond acceptors (Lipinski definition) is 5. The van der Waals surface area contributed by atoms with Crippen LogP contribution in [0.15, 0.2) is 36.4 Å². The van der Waals surface area contributed by atoms with Gasteiger partial charge in [0.1, 0.15) is 11.3 Å². The molecule has 4 nitrogen and oxygen atoms in total. The number of benzene rings is 2. The zero-order chi connectivity index (χ0) is 15.5. The van der Waals surface area contributed by atoms with E-state index in [2.05, 4.69) is 22.1 Å². The summed E-state index contributed by atoms with van der Waals surface area (Å²) in [4.78, 5) is 4.29. The van der Waals surface area contributed by atoms with E-state index in [0.29, 0.717) is 17.7 Å². The molecule has 0 amide bonds. The number of phenols is 1. The van der Waals surface area contributed by atoms with Gasteiger partial charge in [-0.2, -0.15) is 0 Å². The van der Waals surface area contributed by atoms with Crippen LogP contribution in [0.4, 0.5) is 11.4 Å². The fourth-order valence-electron chi connectivity index (χ4n) is 2.14. The van der Waals surface area contributed by atoms with Gasteiger partial charge in [0.25, 0.3) is 0 Å². The molecule has 0 aliphatic heterocycles. The van der Waals surface area contributed by atoms with Crippen molar-refractivity contribution in [3.63, 3.8) is 0 Å². The molecule has 0 saturated carbocycles. The largest absolute Gasteiger partial charge is 0.506 e. The third-order valence-electron chi connectivity index (χ3n) is 3.14. The van der Waals surface area contributed by atoms with Gasteiger partial charge in [-0.25, -0.2) is 4.98 Å². The molecule has 1 heterocycles. The van der Waals surface area contributed by atoms with Crippen molar-refractivity contribution < 1.29 is 5.11 Å². The summed E-state index contributed by atoms with van der Waals surface area (Å²) in [6, 6.07) is 11.2. The molecule has 4 N–H and O–H groups in total. The smallest absolute Gasteiger partial charge is 0.143 e. The first kappa shape index (κ1) is 14.2. The lowest BCUT2D eigenvalue weighted by molar-refractivity contribution is 0.480. The summed E-state index contributed by atoms with van der Waals surface area (Å²) in [5, 5.41) is 14.1. The average Bonchev–Trinajstić information content (AvgIpc) is 2.86. The van der Waals surface area contributed by atoms with Crippen molar-refractivity contribution in [3.05, 3.63) is 47.0 Å². The normalized spacial score (nSPS) is 10.2. The van der Waals surface area contributed by atoms with Crippen molar-refractivity contribution in [3.8, 4) is 17.6 Å². The van der Waals surface area contributed by atoms with Crippen LogP contribution in [0, 0.1) is 18.8 Å².